The standard InChI is InChI=1S/C15H13Cl2FN2O2/c16-9-6-10(18)8-11(7-9)19-15(22)20-14-3-1-2-13(17)12(14)4-5-21/h1-3,6-8,21H,4-5H2,(H2,19,20,22). The summed E-state index contributed by atoms with van der Waals surface area (Å²) in [5, 5.41) is 14.8. The lowest BCUT2D eigenvalue weighted by atomic mass is 10.1. The molecule has 3 N–H and O–H groups in total. The highest BCUT2D eigenvalue weighted by Crippen LogP contribution is 2.25. The minimum atomic E-state index is -0.567. The van der Waals surface area contributed by atoms with Crippen LogP contribution in [0.1, 0.15) is 5.56 Å². The van der Waals surface area contributed by atoms with Crippen molar-refractivity contribution in [1.29, 1.82) is 0 Å². The second kappa shape index (κ2) is 7.45. The Morgan fingerprint density at radius 3 is 2.64 bits per heavy atom. The van der Waals surface area contributed by atoms with Gasteiger partial charge in [-0.3, -0.25) is 0 Å². The number of aliphatic hydroxyl groups is 1. The SMILES string of the molecule is O=C(Nc1cc(F)cc(Cl)c1)Nc1cccc(Cl)c1CCO. The molecule has 0 bridgehead atoms. The molecule has 2 rings (SSSR count). The number of halogens is 3. The molecule has 0 aliphatic rings. The lowest BCUT2D eigenvalue weighted by Crippen LogP contribution is -2.20. The van der Waals surface area contributed by atoms with Gasteiger partial charge in [-0.1, -0.05) is 29.3 Å². The number of hydrogen-bond donors (Lipinski definition) is 3. The Bertz CT molecular complexity index is 675. The molecule has 0 saturated carbocycles. The van der Waals surface area contributed by atoms with Crippen molar-refractivity contribution in [3.63, 3.8) is 0 Å². The minimum Gasteiger partial charge on any atom is -0.396 e. The molecule has 22 heavy (non-hydrogen) atoms. The monoisotopic (exact) mass is 342 g/mol. The molecular formula is C15H13Cl2FN2O2. The van der Waals surface area contributed by atoms with Gasteiger partial charge in [-0.25, -0.2) is 9.18 Å². The topological polar surface area (TPSA) is 61.4 Å². The van der Waals surface area contributed by atoms with E-state index in [0.717, 1.165) is 12.1 Å². The first kappa shape index (κ1) is 16.5. The third kappa shape index (κ3) is 4.34. The van der Waals surface area contributed by atoms with Gasteiger partial charge in [0.25, 0.3) is 0 Å². The molecule has 116 valence electrons. The zero-order valence-corrected chi connectivity index (χ0v) is 12.9. The summed E-state index contributed by atoms with van der Waals surface area (Å²) in [6.45, 7) is -0.0977. The van der Waals surface area contributed by atoms with Crippen molar-refractivity contribution >= 4 is 40.6 Å². The summed E-state index contributed by atoms with van der Waals surface area (Å²) in [6.07, 6.45) is 0.307. The van der Waals surface area contributed by atoms with E-state index in [1.807, 2.05) is 0 Å². The average molecular weight is 343 g/mol. The molecule has 0 saturated heterocycles. The lowest BCUT2D eigenvalue weighted by Gasteiger charge is -2.13. The Morgan fingerprint density at radius 2 is 1.95 bits per heavy atom. The second-order valence-electron chi connectivity index (χ2n) is 4.48. The quantitative estimate of drug-likeness (QED) is 0.775. The summed E-state index contributed by atoms with van der Waals surface area (Å²) >= 11 is 11.8. The predicted molar refractivity (Wildman–Crippen MR) is 86.3 cm³/mol. The van der Waals surface area contributed by atoms with E-state index in [-0.39, 0.29) is 17.3 Å². The molecule has 0 unspecified atom stereocenters. The Morgan fingerprint density at radius 1 is 1.18 bits per heavy atom. The number of amides is 2. The van der Waals surface area contributed by atoms with Crippen LogP contribution in [0.3, 0.4) is 0 Å². The first-order valence-electron chi connectivity index (χ1n) is 6.42. The van der Waals surface area contributed by atoms with E-state index in [2.05, 4.69) is 10.6 Å². The second-order valence-corrected chi connectivity index (χ2v) is 5.32. The lowest BCUT2D eigenvalue weighted by molar-refractivity contribution is 0.262. The fourth-order valence-electron chi connectivity index (χ4n) is 1.95. The fourth-order valence-corrected chi connectivity index (χ4v) is 2.44. The highest BCUT2D eigenvalue weighted by Gasteiger charge is 2.10. The molecule has 0 radical (unpaired) electrons. The summed E-state index contributed by atoms with van der Waals surface area (Å²) < 4.78 is 13.2. The first-order valence-corrected chi connectivity index (χ1v) is 7.17. The smallest absolute Gasteiger partial charge is 0.323 e. The van der Waals surface area contributed by atoms with Crippen LogP contribution in [0.5, 0.6) is 0 Å². The molecule has 2 aromatic rings. The number of rotatable bonds is 4. The van der Waals surface area contributed by atoms with Crippen LogP contribution in [0.2, 0.25) is 10.0 Å². The van der Waals surface area contributed by atoms with Crippen LogP contribution in [-0.2, 0) is 6.42 Å². The molecular weight excluding hydrogens is 330 g/mol. The van der Waals surface area contributed by atoms with Gasteiger partial charge in [0.05, 0.1) is 0 Å². The number of carbonyl (C=O) groups is 1. The molecule has 2 amide bonds. The van der Waals surface area contributed by atoms with Crippen LogP contribution in [0.25, 0.3) is 0 Å². The van der Waals surface area contributed by atoms with Gasteiger partial charge in [-0.15, -0.1) is 0 Å². The molecule has 0 heterocycles. The van der Waals surface area contributed by atoms with Gasteiger partial charge in [0.1, 0.15) is 5.82 Å². The molecule has 0 aliphatic heterocycles. The summed E-state index contributed by atoms with van der Waals surface area (Å²) in [4.78, 5) is 12.0. The Balaban J connectivity index is 2.14. The van der Waals surface area contributed by atoms with E-state index >= 15 is 0 Å². The number of urea groups is 1. The number of anilines is 2. The highest BCUT2D eigenvalue weighted by molar-refractivity contribution is 6.32. The van der Waals surface area contributed by atoms with Crippen molar-refractivity contribution in [3.8, 4) is 0 Å². The molecule has 0 spiro atoms. The molecule has 0 fully saturated rings. The van der Waals surface area contributed by atoms with E-state index in [0.29, 0.717) is 22.7 Å². The van der Waals surface area contributed by atoms with Crippen LogP contribution in [0.4, 0.5) is 20.6 Å². The Labute approximate surface area is 136 Å². The number of aliphatic hydroxyl groups excluding tert-OH is 1. The third-order valence-corrected chi connectivity index (χ3v) is 3.42. The van der Waals surface area contributed by atoms with E-state index in [4.69, 9.17) is 28.3 Å². The van der Waals surface area contributed by atoms with Crippen molar-refractivity contribution in [3.05, 3.63) is 57.8 Å². The Hall–Kier alpha value is -1.82. The number of nitrogens with one attached hydrogen (secondary N) is 2. The highest BCUT2D eigenvalue weighted by atomic mass is 35.5. The van der Waals surface area contributed by atoms with Crippen LogP contribution < -0.4 is 10.6 Å². The summed E-state index contributed by atoms with van der Waals surface area (Å²) in [6, 6.07) is 8.16. The zero-order chi connectivity index (χ0) is 16.1. The van der Waals surface area contributed by atoms with Gasteiger partial charge in [-0.2, -0.15) is 0 Å². The van der Waals surface area contributed by atoms with Crippen molar-refractivity contribution in [2.75, 3.05) is 17.2 Å². The zero-order valence-electron chi connectivity index (χ0n) is 11.4. The van der Waals surface area contributed by atoms with Gasteiger partial charge in [-0.05, 0) is 42.3 Å². The summed E-state index contributed by atoms with van der Waals surface area (Å²) in [5.41, 5.74) is 1.33. The number of benzene rings is 2. The number of carbonyl (C=O) groups excluding carboxylic acids is 1. The van der Waals surface area contributed by atoms with Gasteiger partial charge in [0, 0.05) is 28.0 Å². The van der Waals surface area contributed by atoms with Crippen LogP contribution >= 0.6 is 23.2 Å². The van der Waals surface area contributed by atoms with Gasteiger partial charge in [0.15, 0.2) is 0 Å². The maximum atomic E-state index is 13.2. The van der Waals surface area contributed by atoms with Crippen molar-refractivity contribution in [2.24, 2.45) is 0 Å². The van der Waals surface area contributed by atoms with E-state index in [9.17, 15) is 9.18 Å². The minimum absolute atomic E-state index is 0.0977. The molecule has 2 aromatic carbocycles. The van der Waals surface area contributed by atoms with Crippen molar-refractivity contribution in [2.45, 2.75) is 6.42 Å². The van der Waals surface area contributed by atoms with Crippen molar-refractivity contribution in [1.82, 2.24) is 0 Å². The van der Waals surface area contributed by atoms with Gasteiger partial charge < -0.3 is 15.7 Å². The largest absolute Gasteiger partial charge is 0.396 e. The van der Waals surface area contributed by atoms with Crippen molar-refractivity contribution < 1.29 is 14.3 Å². The maximum Gasteiger partial charge on any atom is 0.323 e. The maximum absolute atomic E-state index is 13.2. The predicted octanol–water partition coefficient (Wildman–Crippen LogP) is 4.31. The van der Waals surface area contributed by atoms with E-state index < -0.39 is 11.8 Å². The van der Waals surface area contributed by atoms with Crippen LogP contribution in [-0.4, -0.2) is 17.7 Å². The molecule has 0 atom stereocenters. The van der Waals surface area contributed by atoms with Gasteiger partial charge >= 0.3 is 6.03 Å². The van der Waals surface area contributed by atoms with E-state index in [1.165, 1.54) is 6.07 Å². The van der Waals surface area contributed by atoms with Crippen LogP contribution in [0.15, 0.2) is 36.4 Å². The molecule has 0 aromatic heterocycles. The molecule has 4 nitrogen and oxygen atoms in total. The Kier molecular flexibility index (Phi) is 5.60. The average Bonchev–Trinajstić information content (AvgIpc) is 2.41. The molecule has 0 aliphatic carbocycles. The summed E-state index contributed by atoms with van der Waals surface area (Å²) in [7, 11) is 0. The fraction of sp³-hybridized carbons (Fsp3) is 0.133. The van der Waals surface area contributed by atoms with Crippen LogP contribution in [0, 0.1) is 5.82 Å². The normalized spacial score (nSPS) is 10.4. The van der Waals surface area contributed by atoms with E-state index in [1.54, 1.807) is 18.2 Å². The van der Waals surface area contributed by atoms with Gasteiger partial charge in [0.2, 0.25) is 0 Å². The number of hydrogen-bond acceptors (Lipinski definition) is 2. The molecule has 7 heteroatoms. The third-order valence-electron chi connectivity index (χ3n) is 2.85. The summed E-state index contributed by atoms with van der Waals surface area (Å²) in [5.74, 6) is -0.550. The first-order chi connectivity index (χ1) is 10.5.